The van der Waals surface area contributed by atoms with Crippen LogP contribution in [0, 0.1) is 0 Å². The summed E-state index contributed by atoms with van der Waals surface area (Å²) in [5.74, 6) is -0.0723. The van der Waals surface area contributed by atoms with Gasteiger partial charge in [0.25, 0.3) is 0 Å². The minimum absolute atomic E-state index is 0.0723. The SMILES string of the molecule is CCCCCCCCCC/C=C\CCCCCCCCCCCCCC(=O)NC(CO)C(O)/C=C/CC/C=C/CCCCCCCCCCCCCCCC. The highest BCUT2D eigenvalue weighted by Crippen LogP contribution is 2.15. The summed E-state index contributed by atoms with van der Waals surface area (Å²) in [6.07, 6.45) is 62.7. The Kier molecular flexibility index (Phi) is 45.8. The van der Waals surface area contributed by atoms with Crippen molar-refractivity contribution in [3.05, 3.63) is 36.5 Å². The molecule has 4 nitrogen and oxygen atoms in total. The van der Waals surface area contributed by atoms with Crippen LogP contribution in [0.25, 0.3) is 0 Å². The van der Waals surface area contributed by atoms with Gasteiger partial charge in [-0.3, -0.25) is 4.79 Å². The lowest BCUT2D eigenvalue weighted by molar-refractivity contribution is -0.123. The molecule has 2 atom stereocenters. The van der Waals surface area contributed by atoms with Crippen molar-refractivity contribution in [2.45, 2.75) is 276 Å². The minimum atomic E-state index is -0.861. The van der Waals surface area contributed by atoms with E-state index >= 15 is 0 Å². The summed E-state index contributed by atoms with van der Waals surface area (Å²) in [6.45, 7) is 4.32. The van der Waals surface area contributed by atoms with E-state index < -0.39 is 12.1 Å². The Morgan fingerprint density at radius 1 is 0.418 bits per heavy atom. The van der Waals surface area contributed by atoms with Gasteiger partial charge in [0.15, 0.2) is 0 Å². The van der Waals surface area contributed by atoms with E-state index in [1.807, 2.05) is 6.08 Å². The second-order valence-electron chi connectivity index (χ2n) is 16.9. The van der Waals surface area contributed by atoms with Crippen molar-refractivity contribution >= 4 is 5.91 Å². The molecule has 0 fully saturated rings. The Bertz CT molecular complexity index is 836. The molecule has 0 aliphatic heterocycles. The summed E-state index contributed by atoms with van der Waals surface area (Å²) >= 11 is 0. The molecule has 0 heterocycles. The van der Waals surface area contributed by atoms with Gasteiger partial charge in [0.1, 0.15) is 0 Å². The molecule has 3 N–H and O–H groups in total. The molecular weight excluding hydrogens is 675 g/mol. The van der Waals surface area contributed by atoms with Crippen LogP contribution in [-0.2, 0) is 4.79 Å². The third-order valence-electron chi connectivity index (χ3n) is 11.3. The van der Waals surface area contributed by atoms with Crippen molar-refractivity contribution in [2.24, 2.45) is 0 Å². The number of hydrogen-bond donors (Lipinski definition) is 3. The lowest BCUT2D eigenvalue weighted by Crippen LogP contribution is -2.45. The van der Waals surface area contributed by atoms with E-state index in [-0.39, 0.29) is 12.5 Å². The summed E-state index contributed by atoms with van der Waals surface area (Å²) in [5.41, 5.74) is 0. The molecule has 1 amide bonds. The minimum Gasteiger partial charge on any atom is -0.394 e. The second kappa shape index (κ2) is 47.0. The Morgan fingerprint density at radius 2 is 0.709 bits per heavy atom. The van der Waals surface area contributed by atoms with Crippen molar-refractivity contribution in [1.29, 1.82) is 0 Å². The fourth-order valence-corrected chi connectivity index (χ4v) is 7.54. The monoisotopic (exact) mass is 772 g/mol. The Morgan fingerprint density at radius 3 is 1.05 bits per heavy atom. The predicted molar refractivity (Wildman–Crippen MR) is 244 cm³/mol. The quantitative estimate of drug-likeness (QED) is 0.0426. The molecule has 4 heteroatoms. The Balaban J connectivity index is 3.56. The average molecular weight is 772 g/mol. The largest absolute Gasteiger partial charge is 0.394 e. The lowest BCUT2D eigenvalue weighted by Gasteiger charge is -2.19. The van der Waals surface area contributed by atoms with Gasteiger partial charge in [-0.2, -0.15) is 0 Å². The van der Waals surface area contributed by atoms with E-state index in [1.165, 1.54) is 212 Å². The second-order valence-corrected chi connectivity index (χ2v) is 16.9. The molecule has 0 radical (unpaired) electrons. The third-order valence-corrected chi connectivity index (χ3v) is 11.3. The molecule has 0 saturated carbocycles. The van der Waals surface area contributed by atoms with Gasteiger partial charge in [-0.1, -0.05) is 237 Å². The van der Waals surface area contributed by atoms with Crippen LogP contribution in [0.15, 0.2) is 36.5 Å². The molecule has 0 aliphatic rings. The fraction of sp³-hybridized carbons (Fsp3) is 0.863. The molecule has 0 saturated heterocycles. The van der Waals surface area contributed by atoms with E-state index in [9.17, 15) is 15.0 Å². The predicted octanol–water partition coefficient (Wildman–Crippen LogP) is 15.7. The number of aliphatic hydroxyl groups is 2. The highest BCUT2D eigenvalue weighted by atomic mass is 16.3. The number of hydrogen-bond acceptors (Lipinski definition) is 3. The molecule has 0 aromatic rings. The molecule has 0 aromatic heterocycles. The Hall–Kier alpha value is -1.39. The molecule has 2 unspecified atom stereocenters. The first kappa shape index (κ1) is 53.6. The van der Waals surface area contributed by atoms with Crippen LogP contribution in [0.2, 0.25) is 0 Å². The van der Waals surface area contributed by atoms with Crippen molar-refractivity contribution in [3.8, 4) is 0 Å². The molecule has 324 valence electrons. The number of unbranched alkanes of at least 4 members (excludes halogenated alkanes) is 34. The summed E-state index contributed by atoms with van der Waals surface area (Å²) in [7, 11) is 0. The van der Waals surface area contributed by atoms with Gasteiger partial charge in [0.05, 0.1) is 18.8 Å². The Labute approximate surface area is 344 Å². The first-order valence-corrected chi connectivity index (χ1v) is 24.7. The molecular formula is C51H97NO3. The number of carbonyl (C=O) groups is 1. The van der Waals surface area contributed by atoms with Crippen LogP contribution in [0.3, 0.4) is 0 Å². The number of carbonyl (C=O) groups excluding carboxylic acids is 1. The van der Waals surface area contributed by atoms with Crippen LogP contribution in [0.4, 0.5) is 0 Å². The first-order chi connectivity index (χ1) is 27.2. The molecule has 0 rings (SSSR count). The smallest absolute Gasteiger partial charge is 0.220 e. The number of rotatable bonds is 45. The zero-order chi connectivity index (χ0) is 40.0. The first-order valence-electron chi connectivity index (χ1n) is 24.7. The van der Waals surface area contributed by atoms with Crippen LogP contribution >= 0.6 is 0 Å². The van der Waals surface area contributed by atoms with E-state index in [0.717, 1.165) is 32.1 Å². The highest BCUT2D eigenvalue weighted by molar-refractivity contribution is 5.76. The molecule has 0 aromatic carbocycles. The molecule has 55 heavy (non-hydrogen) atoms. The maximum absolute atomic E-state index is 12.4. The van der Waals surface area contributed by atoms with Crippen LogP contribution in [0.1, 0.15) is 264 Å². The molecule has 0 spiro atoms. The standard InChI is InChI=1S/C51H97NO3/c1-3-5-7-9-11-13-15-17-19-21-23-25-26-27-29-31-33-35-37-39-41-43-45-47-51(55)52-49(48-53)50(54)46-44-42-40-38-36-34-32-30-28-24-22-20-18-16-14-12-10-8-6-4-2/h21,23,36,38,44,46,49-50,53-54H,3-20,22,24-35,37,39-43,45,47-48H2,1-2H3,(H,52,55)/b23-21-,38-36+,46-44+. The van der Waals surface area contributed by atoms with Crippen molar-refractivity contribution in [1.82, 2.24) is 5.32 Å². The number of allylic oxidation sites excluding steroid dienone is 5. The third kappa shape index (κ3) is 43.6. The van der Waals surface area contributed by atoms with E-state index in [2.05, 4.69) is 43.5 Å². The van der Waals surface area contributed by atoms with Crippen molar-refractivity contribution in [3.63, 3.8) is 0 Å². The topological polar surface area (TPSA) is 69.6 Å². The lowest BCUT2D eigenvalue weighted by atomic mass is 10.0. The van der Waals surface area contributed by atoms with Gasteiger partial charge in [0.2, 0.25) is 5.91 Å². The van der Waals surface area contributed by atoms with Gasteiger partial charge >= 0.3 is 0 Å². The van der Waals surface area contributed by atoms with E-state index in [0.29, 0.717) is 6.42 Å². The number of nitrogens with one attached hydrogen (secondary N) is 1. The van der Waals surface area contributed by atoms with Gasteiger partial charge in [0, 0.05) is 6.42 Å². The summed E-state index contributed by atoms with van der Waals surface area (Å²) in [4.78, 5) is 12.4. The summed E-state index contributed by atoms with van der Waals surface area (Å²) in [6, 6.07) is -0.638. The fourth-order valence-electron chi connectivity index (χ4n) is 7.54. The van der Waals surface area contributed by atoms with Crippen LogP contribution in [0.5, 0.6) is 0 Å². The zero-order valence-electron chi connectivity index (χ0n) is 37.2. The maximum atomic E-state index is 12.4. The van der Waals surface area contributed by atoms with E-state index in [1.54, 1.807) is 6.08 Å². The maximum Gasteiger partial charge on any atom is 0.220 e. The van der Waals surface area contributed by atoms with Gasteiger partial charge in [-0.15, -0.1) is 0 Å². The molecule has 0 bridgehead atoms. The molecule has 0 aliphatic carbocycles. The van der Waals surface area contributed by atoms with Gasteiger partial charge < -0.3 is 15.5 Å². The number of aliphatic hydroxyl groups excluding tert-OH is 2. The van der Waals surface area contributed by atoms with Gasteiger partial charge in [-0.05, 0) is 57.8 Å². The zero-order valence-corrected chi connectivity index (χ0v) is 37.2. The number of amides is 1. The van der Waals surface area contributed by atoms with E-state index in [4.69, 9.17) is 0 Å². The van der Waals surface area contributed by atoms with Crippen LogP contribution in [-0.4, -0.2) is 34.9 Å². The average Bonchev–Trinajstić information content (AvgIpc) is 3.19. The summed E-state index contributed by atoms with van der Waals surface area (Å²) in [5, 5.41) is 23.1. The van der Waals surface area contributed by atoms with Crippen LogP contribution < -0.4 is 5.32 Å². The van der Waals surface area contributed by atoms with Crippen molar-refractivity contribution in [2.75, 3.05) is 6.61 Å². The van der Waals surface area contributed by atoms with Crippen molar-refractivity contribution < 1.29 is 15.0 Å². The highest BCUT2D eigenvalue weighted by Gasteiger charge is 2.17. The summed E-state index contributed by atoms with van der Waals surface area (Å²) < 4.78 is 0. The van der Waals surface area contributed by atoms with Gasteiger partial charge in [-0.25, -0.2) is 0 Å². The normalized spacial score (nSPS) is 13.2.